The van der Waals surface area contributed by atoms with Crippen molar-refractivity contribution in [1.82, 2.24) is 10.2 Å². The van der Waals surface area contributed by atoms with Gasteiger partial charge in [-0.2, -0.15) is 0 Å². The first-order valence-corrected chi connectivity index (χ1v) is 11.6. The average molecular weight is 464 g/mol. The van der Waals surface area contributed by atoms with Crippen LogP contribution in [-0.4, -0.2) is 52.8 Å². The summed E-state index contributed by atoms with van der Waals surface area (Å²) in [6, 6.07) is 15.3. The Morgan fingerprint density at radius 2 is 1.82 bits per heavy atom. The van der Waals surface area contributed by atoms with Gasteiger partial charge < -0.3 is 25.0 Å². The number of rotatable bonds is 6. The van der Waals surface area contributed by atoms with Crippen molar-refractivity contribution in [2.75, 3.05) is 13.1 Å². The zero-order valence-corrected chi connectivity index (χ0v) is 20.0. The van der Waals surface area contributed by atoms with Crippen molar-refractivity contribution in [3.05, 3.63) is 76.8 Å². The lowest BCUT2D eigenvalue weighted by Crippen LogP contribution is -2.38. The molecule has 7 nitrogen and oxygen atoms in total. The number of alkyl carbamates (subject to hydrolysis) is 1. The molecule has 0 aromatic heterocycles. The lowest BCUT2D eigenvalue weighted by Gasteiger charge is -2.32. The molecule has 2 amide bonds. The summed E-state index contributed by atoms with van der Waals surface area (Å²) < 4.78 is 5.29. The van der Waals surface area contributed by atoms with Crippen molar-refractivity contribution in [3.8, 4) is 0 Å². The molecule has 8 heteroatoms. The van der Waals surface area contributed by atoms with Crippen LogP contribution < -0.4 is 5.32 Å². The Kier molecular flexibility index (Phi) is 8.53. The molecule has 0 saturated carbocycles. The minimum absolute atomic E-state index is 0.0199. The molecule has 2 aromatic carbocycles. The van der Waals surface area contributed by atoms with E-state index in [1.165, 1.54) is 11.5 Å². The maximum Gasteiger partial charge on any atom is 0.480 e. The molecule has 2 aromatic rings. The predicted molar refractivity (Wildman–Crippen MR) is 133 cm³/mol. The van der Waals surface area contributed by atoms with Gasteiger partial charge in [-0.05, 0) is 68.4 Å². The Balaban J connectivity index is 1.56. The van der Waals surface area contributed by atoms with Crippen molar-refractivity contribution in [2.45, 2.75) is 51.7 Å². The fourth-order valence-electron chi connectivity index (χ4n) is 4.02. The van der Waals surface area contributed by atoms with E-state index in [1.54, 1.807) is 24.3 Å². The summed E-state index contributed by atoms with van der Waals surface area (Å²) in [6.45, 7) is 7.23. The summed E-state index contributed by atoms with van der Waals surface area (Å²) in [5.41, 5.74) is 3.02. The lowest BCUT2D eigenvalue weighted by molar-refractivity contribution is 0.0523. The number of amides is 2. The number of likely N-dealkylation sites (tertiary alicyclic amines) is 1. The second-order valence-electron chi connectivity index (χ2n) is 9.57. The van der Waals surface area contributed by atoms with Crippen molar-refractivity contribution in [2.24, 2.45) is 0 Å². The highest BCUT2D eigenvalue weighted by Crippen LogP contribution is 2.29. The summed E-state index contributed by atoms with van der Waals surface area (Å²) in [6.07, 6.45) is 2.88. The molecule has 0 spiro atoms. The summed E-state index contributed by atoms with van der Waals surface area (Å²) >= 11 is 0. The standard InChI is InChI=1S/C26H33BN2O5/c1-26(2,3)34-25(31)28-18-20-7-5-8-22(17-20)21-11-14-29(15-12-21)24(30)23-9-4-6-19(16-23)10-13-27(32)33/h4-10,13,16-17,21,32-33H,11-12,14-15,18H2,1-3H3,(H,28,31). The quantitative estimate of drug-likeness (QED) is 0.566. The van der Waals surface area contributed by atoms with Crippen LogP contribution in [0.3, 0.4) is 0 Å². The molecule has 1 aliphatic heterocycles. The molecule has 1 fully saturated rings. The third-order valence-corrected chi connectivity index (χ3v) is 5.63. The number of hydrogen-bond donors (Lipinski definition) is 3. The van der Waals surface area contributed by atoms with E-state index in [2.05, 4.69) is 17.4 Å². The molecule has 0 radical (unpaired) electrons. The third kappa shape index (κ3) is 7.75. The highest BCUT2D eigenvalue weighted by molar-refractivity contribution is 6.48. The van der Waals surface area contributed by atoms with Crippen molar-refractivity contribution >= 4 is 25.2 Å². The van der Waals surface area contributed by atoms with E-state index >= 15 is 0 Å². The van der Waals surface area contributed by atoms with Crippen LogP contribution in [0.15, 0.2) is 54.5 Å². The average Bonchev–Trinajstić information content (AvgIpc) is 2.80. The van der Waals surface area contributed by atoms with Crippen molar-refractivity contribution < 1.29 is 24.4 Å². The highest BCUT2D eigenvalue weighted by atomic mass is 16.6. The summed E-state index contributed by atoms with van der Waals surface area (Å²) in [5.74, 6) is 1.59. The summed E-state index contributed by atoms with van der Waals surface area (Å²) in [4.78, 5) is 26.8. The van der Waals surface area contributed by atoms with Gasteiger partial charge in [0.2, 0.25) is 0 Å². The normalized spacial score (nSPS) is 14.8. The van der Waals surface area contributed by atoms with Gasteiger partial charge in [0.25, 0.3) is 5.91 Å². The fourth-order valence-corrected chi connectivity index (χ4v) is 4.02. The Morgan fingerprint density at radius 1 is 1.12 bits per heavy atom. The van der Waals surface area contributed by atoms with Crippen LogP contribution >= 0.6 is 0 Å². The van der Waals surface area contributed by atoms with Gasteiger partial charge in [0.1, 0.15) is 5.60 Å². The summed E-state index contributed by atoms with van der Waals surface area (Å²) in [7, 11) is -1.52. The topological polar surface area (TPSA) is 99.1 Å². The number of piperidine rings is 1. The SMILES string of the molecule is CC(C)(C)OC(=O)NCc1cccc(C2CCN(C(=O)c3cccc(C=CB(O)O)c3)CC2)c1. The Bertz CT molecular complexity index is 1020. The maximum atomic E-state index is 13.0. The van der Waals surface area contributed by atoms with Gasteiger partial charge >= 0.3 is 13.2 Å². The molecular formula is C26H33BN2O5. The number of carbonyl (C=O) groups excluding carboxylic acids is 2. The molecule has 3 N–H and O–H groups in total. The summed E-state index contributed by atoms with van der Waals surface area (Å²) in [5, 5.41) is 20.8. The first-order chi connectivity index (χ1) is 16.1. The minimum atomic E-state index is -1.52. The van der Waals surface area contributed by atoms with Crippen LogP contribution in [0.5, 0.6) is 0 Å². The van der Waals surface area contributed by atoms with Gasteiger partial charge in [0, 0.05) is 25.2 Å². The first-order valence-electron chi connectivity index (χ1n) is 11.6. The first kappa shape index (κ1) is 25.5. The van der Waals surface area contributed by atoms with E-state index in [4.69, 9.17) is 14.8 Å². The second-order valence-corrected chi connectivity index (χ2v) is 9.57. The Morgan fingerprint density at radius 3 is 2.50 bits per heavy atom. The zero-order valence-electron chi connectivity index (χ0n) is 20.0. The van der Waals surface area contributed by atoms with E-state index in [1.807, 2.05) is 43.9 Å². The van der Waals surface area contributed by atoms with Gasteiger partial charge in [-0.3, -0.25) is 4.79 Å². The number of hydrogen-bond acceptors (Lipinski definition) is 5. The van der Waals surface area contributed by atoms with Gasteiger partial charge in [-0.15, -0.1) is 0 Å². The Labute approximate surface area is 201 Å². The third-order valence-electron chi connectivity index (χ3n) is 5.63. The molecule has 0 unspecified atom stereocenters. The predicted octanol–water partition coefficient (Wildman–Crippen LogP) is 3.76. The fraction of sp³-hybridized carbons (Fsp3) is 0.385. The van der Waals surface area contributed by atoms with E-state index in [0.717, 1.165) is 24.0 Å². The molecule has 180 valence electrons. The van der Waals surface area contributed by atoms with Crippen molar-refractivity contribution in [3.63, 3.8) is 0 Å². The van der Waals surface area contributed by atoms with Crippen molar-refractivity contribution in [1.29, 1.82) is 0 Å². The minimum Gasteiger partial charge on any atom is -0.444 e. The highest BCUT2D eigenvalue weighted by Gasteiger charge is 2.25. The Hall–Kier alpha value is -3.10. The monoisotopic (exact) mass is 464 g/mol. The second kappa shape index (κ2) is 11.4. The molecule has 0 bridgehead atoms. The molecule has 0 aliphatic carbocycles. The molecule has 1 saturated heterocycles. The van der Waals surface area contributed by atoms with E-state index in [-0.39, 0.29) is 5.91 Å². The number of nitrogens with zero attached hydrogens (tertiary/aromatic N) is 1. The van der Waals surface area contributed by atoms with Gasteiger partial charge in [-0.25, -0.2) is 4.79 Å². The van der Waals surface area contributed by atoms with Crippen LogP contribution in [0.1, 0.15) is 66.6 Å². The maximum absolute atomic E-state index is 13.0. The van der Waals surface area contributed by atoms with Crippen LogP contribution in [0.25, 0.3) is 6.08 Å². The molecule has 1 heterocycles. The van der Waals surface area contributed by atoms with E-state index in [9.17, 15) is 9.59 Å². The van der Waals surface area contributed by atoms with Crippen LogP contribution in [0, 0.1) is 0 Å². The van der Waals surface area contributed by atoms with Gasteiger partial charge in [-0.1, -0.05) is 48.4 Å². The number of nitrogens with one attached hydrogen (secondary N) is 1. The number of ether oxygens (including phenoxy) is 1. The van der Waals surface area contributed by atoms with Gasteiger partial charge in [0.15, 0.2) is 0 Å². The zero-order chi connectivity index (χ0) is 24.7. The van der Waals surface area contributed by atoms with Crippen LogP contribution in [0.4, 0.5) is 4.79 Å². The van der Waals surface area contributed by atoms with Crippen LogP contribution in [-0.2, 0) is 11.3 Å². The molecular weight excluding hydrogens is 431 g/mol. The van der Waals surface area contributed by atoms with E-state index < -0.39 is 18.8 Å². The molecule has 34 heavy (non-hydrogen) atoms. The van der Waals surface area contributed by atoms with E-state index in [0.29, 0.717) is 31.1 Å². The van der Waals surface area contributed by atoms with Gasteiger partial charge in [0.05, 0.1) is 0 Å². The largest absolute Gasteiger partial charge is 0.480 e. The lowest BCUT2D eigenvalue weighted by atomic mass is 9.88. The molecule has 3 rings (SSSR count). The number of carbonyl (C=O) groups is 2. The van der Waals surface area contributed by atoms with Crippen LogP contribution in [0.2, 0.25) is 0 Å². The number of benzene rings is 2. The molecule has 1 aliphatic rings. The molecule has 0 atom stereocenters. The smallest absolute Gasteiger partial charge is 0.444 e.